The van der Waals surface area contributed by atoms with Gasteiger partial charge in [-0.1, -0.05) is 29.8 Å². The van der Waals surface area contributed by atoms with Crippen LogP contribution in [0.15, 0.2) is 36.4 Å². The molecule has 1 aliphatic rings. The van der Waals surface area contributed by atoms with Crippen molar-refractivity contribution in [3.63, 3.8) is 0 Å². The van der Waals surface area contributed by atoms with Gasteiger partial charge in [0.2, 0.25) is 0 Å². The first kappa shape index (κ1) is 13.9. The van der Waals surface area contributed by atoms with Crippen molar-refractivity contribution >= 4 is 23.2 Å². The van der Waals surface area contributed by atoms with E-state index in [-0.39, 0.29) is 12.5 Å². The van der Waals surface area contributed by atoms with Crippen LogP contribution in [-0.2, 0) is 4.79 Å². The van der Waals surface area contributed by atoms with Gasteiger partial charge in [0, 0.05) is 5.02 Å². The maximum atomic E-state index is 11.4. The fourth-order valence-electron chi connectivity index (χ4n) is 2.37. The number of ether oxygens (including phenoxy) is 1. The second-order valence-electron chi connectivity index (χ2n) is 4.95. The van der Waals surface area contributed by atoms with Crippen LogP contribution >= 0.6 is 11.6 Å². The number of amides is 1. The van der Waals surface area contributed by atoms with Gasteiger partial charge in [0.05, 0.1) is 5.69 Å². The number of anilines is 1. The molecule has 0 radical (unpaired) electrons. The fraction of sp³-hybridized carbons (Fsp3) is 0.188. The molecule has 108 valence electrons. The summed E-state index contributed by atoms with van der Waals surface area (Å²) in [4.78, 5) is 11.4. The van der Waals surface area contributed by atoms with Crippen LogP contribution in [0.25, 0.3) is 0 Å². The predicted molar refractivity (Wildman–Crippen MR) is 80.8 cm³/mol. The lowest BCUT2D eigenvalue weighted by molar-refractivity contribution is -0.118. The number of nitrogens with one attached hydrogen (secondary N) is 1. The van der Waals surface area contributed by atoms with Gasteiger partial charge in [0.15, 0.2) is 6.61 Å². The minimum atomic E-state index is -0.812. The van der Waals surface area contributed by atoms with Gasteiger partial charge in [0.1, 0.15) is 11.9 Å². The van der Waals surface area contributed by atoms with Crippen LogP contribution in [-0.4, -0.2) is 17.6 Å². The van der Waals surface area contributed by atoms with Crippen LogP contribution in [0.2, 0.25) is 5.02 Å². The molecule has 3 rings (SSSR count). The summed E-state index contributed by atoms with van der Waals surface area (Å²) in [6.45, 7) is 1.88. The Morgan fingerprint density at radius 3 is 2.95 bits per heavy atom. The molecular formula is C16H14ClNO3. The van der Waals surface area contributed by atoms with Gasteiger partial charge in [-0.25, -0.2) is 0 Å². The molecule has 1 amide bonds. The summed E-state index contributed by atoms with van der Waals surface area (Å²) in [5, 5.41) is 13.9. The van der Waals surface area contributed by atoms with Crippen molar-refractivity contribution in [1.82, 2.24) is 0 Å². The van der Waals surface area contributed by atoms with Crippen molar-refractivity contribution in [2.75, 3.05) is 11.9 Å². The average Bonchev–Trinajstić information content (AvgIpc) is 2.48. The minimum Gasteiger partial charge on any atom is -0.482 e. The standard InChI is InChI=1S/C16H14ClNO3/c1-9-11(3-2-4-12(9)17)16(20)10-5-6-14-13(7-10)18-15(19)8-21-14/h2-7,16,20H,8H2,1H3,(H,18,19). The molecular weight excluding hydrogens is 290 g/mol. The van der Waals surface area contributed by atoms with E-state index in [1.807, 2.05) is 13.0 Å². The Morgan fingerprint density at radius 1 is 1.33 bits per heavy atom. The van der Waals surface area contributed by atoms with E-state index in [4.69, 9.17) is 16.3 Å². The smallest absolute Gasteiger partial charge is 0.262 e. The Morgan fingerprint density at radius 2 is 2.14 bits per heavy atom. The molecule has 0 aromatic heterocycles. The topological polar surface area (TPSA) is 58.6 Å². The highest BCUT2D eigenvalue weighted by Crippen LogP contribution is 2.34. The van der Waals surface area contributed by atoms with E-state index in [1.165, 1.54) is 0 Å². The zero-order valence-electron chi connectivity index (χ0n) is 11.4. The first-order chi connectivity index (χ1) is 10.1. The zero-order valence-corrected chi connectivity index (χ0v) is 12.1. The van der Waals surface area contributed by atoms with Crippen LogP contribution in [0.3, 0.4) is 0 Å². The summed E-state index contributed by atoms with van der Waals surface area (Å²) in [6.07, 6.45) is -0.812. The Hall–Kier alpha value is -2.04. The highest BCUT2D eigenvalue weighted by molar-refractivity contribution is 6.31. The maximum Gasteiger partial charge on any atom is 0.262 e. The first-order valence-corrected chi connectivity index (χ1v) is 6.94. The SMILES string of the molecule is Cc1c(Cl)cccc1C(O)c1ccc2c(c1)NC(=O)CO2. The summed E-state index contributed by atoms with van der Waals surface area (Å²) < 4.78 is 5.30. The zero-order chi connectivity index (χ0) is 15.0. The summed E-state index contributed by atoms with van der Waals surface area (Å²) in [6, 6.07) is 10.7. The number of hydrogen-bond donors (Lipinski definition) is 2. The molecule has 0 saturated carbocycles. The number of aliphatic hydroxyl groups excluding tert-OH is 1. The largest absolute Gasteiger partial charge is 0.482 e. The van der Waals surface area contributed by atoms with Crippen molar-refractivity contribution in [2.24, 2.45) is 0 Å². The number of halogens is 1. The van der Waals surface area contributed by atoms with Gasteiger partial charge in [-0.05, 0) is 41.8 Å². The molecule has 0 saturated heterocycles. The Bertz CT molecular complexity index is 715. The molecule has 1 aliphatic heterocycles. The first-order valence-electron chi connectivity index (χ1n) is 6.56. The number of rotatable bonds is 2. The van der Waals surface area contributed by atoms with Gasteiger partial charge < -0.3 is 15.2 Å². The van der Waals surface area contributed by atoms with Crippen molar-refractivity contribution < 1.29 is 14.6 Å². The van der Waals surface area contributed by atoms with Gasteiger partial charge in [-0.3, -0.25) is 4.79 Å². The number of fused-ring (bicyclic) bond motifs is 1. The van der Waals surface area contributed by atoms with Crippen molar-refractivity contribution in [3.8, 4) is 5.75 Å². The van der Waals surface area contributed by atoms with E-state index in [0.29, 0.717) is 22.0 Å². The van der Waals surface area contributed by atoms with E-state index in [9.17, 15) is 9.90 Å². The molecule has 21 heavy (non-hydrogen) atoms. The molecule has 1 unspecified atom stereocenters. The van der Waals surface area contributed by atoms with Crippen LogP contribution in [0.4, 0.5) is 5.69 Å². The molecule has 2 aromatic carbocycles. The third kappa shape index (κ3) is 2.60. The van der Waals surface area contributed by atoms with Crippen molar-refractivity contribution in [2.45, 2.75) is 13.0 Å². The summed E-state index contributed by atoms with van der Waals surface area (Å²) in [7, 11) is 0. The molecule has 0 bridgehead atoms. The highest BCUT2D eigenvalue weighted by Gasteiger charge is 2.20. The molecule has 0 fully saturated rings. The molecule has 0 aliphatic carbocycles. The molecule has 4 nitrogen and oxygen atoms in total. The van der Waals surface area contributed by atoms with Gasteiger partial charge in [-0.15, -0.1) is 0 Å². The fourth-order valence-corrected chi connectivity index (χ4v) is 2.55. The molecule has 1 atom stereocenters. The quantitative estimate of drug-likeness (QED) is 0.896. The van der Waals surface area contributed by atoms with Crippen LogP contribution in [0, 0.1) is 6.92 Å². The Labute approximate surface area is 127 Å². The lowest BCUT2D eigenvalue weighted by Gasteiger charge is -2.21. The second kappa shape index (κ2) is 5.39. The third-order valence-electron chi connectivity index (χ3n) is 3.56. The molecule has 1 heterocycles. The van der Waals surface area contributed by atoms with Gasteiger partial charge in [0.25, 0.3) is 5.91 Å². The lowest BCUT2D eigenvalue weighted by Crippen LogP contribution is -2.25. The second-order valence-corrected chi connectivity index (χ2v) is 5.36. The summed E-state index contributed by atoms with van der Waals surface area (Å²) in [5.41, 5.74) is 2.82. The van der Waals surface area contributed by atoms with Crippen molar-refractivity contribution in [3.05, 3.63) is 58.1 Å². The molecule has 2 aromatic rings. The normalized spacial score (nSPS) is 14.9. The maximum absolute atomic E-state index is 11.4. The summed E-state index contributed by atoms with van der Waals surface area (Å²) in [5.74, 6) is 0.404. The van der Waals surface area contributed by atoms with Gasteiger partial charge in [-0.2, -0.15) is 0 Å². The number of hydrogen-bond acceptors (Lipinski definition) is 3. The minimum absolute atomic E-state index is 0.0162. The Balaban J connectivity index is 1.98. The van der Waals surface area contributed by atoms with Crippen molar-refractivity contribution in [1.29, 1.82) is 0 Å². The summed E-state index contributed by atoms with van der Waals surface area (Å²) >= 11 is 6.09. The molecule has 0 spiro atoms. The molecule has 5 heteroatoms. The predicted octanol–water partition coefficient (Wildman–Crippen LogP) is 3.06. The van der Waals surface area contributed by atoms with E-state index in [0.717, 1.165) is 11.1 Å². The monoisotopic (exact) mass is 303 g/mol. The number of benzene rings is 2. The van der Waals surface area contributed by atoms with Crippen LogP contribution < -0.4 is 10.1 Å². The third-order valence-corrected chi connectivity index (χ3v) is 3.97. The van der Waals surface area contributed by atoms with Crippen LogP contribution in [0.5, 0.6) is 5.75 Å². The lowest BCUT2D eigenvalue weighted by atomic mass is 9.97. The van der Waals surface area contributed by atoms with Crippen LogP contribution in [0.1, 0.15) is 22.8 Å². The average molecular weight is 304 g/mol. The van der Waals surface area contributed by atoms with Gasteiger partial charge >= 0.3 is 0 Å². The molecule has 2 N–H and O–H groups in total. The number of carbonyl (C=O) groups excluding carboxylic acids is 1. The van der Waals surface area contributed by atoms with E-state index >= 15 is 0 Å². The number of aliphatic hydroxyl groups is 1. The number of carbonyl (C=O) groups is 1. The van der Waals surface area contributed by atoms with E-state index < -0.39 is 6.10 Å². The highest BCUT2D eigenvalue weighted by atomic mass is 35.5. The van der Waals surface area contributed by atoms with E-state index in [1.54, 1.807) is 30.3 Å². The van der Waals surface area contributed by atoms with E-state index in [2.05, 4.69) is 5.32 Å². The Kier molecular flexibility index (Phi) is 3.57.